The van der Waals surface area contributed by atoms with Gasteiger partial charge in [0.05, 0.1) is 11.3 Å². The molecular formula is C17H23FN2O. The summed E-state index contributed by atoms with van der Waals surface area (Å²) in [7, 11) is 0. The lowest BCUT2D eigenvalue weighted by Crippen LogP contribution is -2.25. The Bertz CT molecular complexity index is 553. The molecular weight excluding hydrogens is 267 g/mol. The highest BCUT2D eigenvalue weighted by molar-refractivity contribution is 5.53. The Morgan fingerprint density at radius 1 is 1.29 bits per heavy atom. The van der Waals surface area contributed by atoms with Crippen LogP contribution in [0.2, 0.25) is 0 Å². The largest absolute Gasteiger partial charge is 0.444 e. The van der Waals surface area contributed by atoms with E-state index in [2.05, 4.69) is 24.1 Å². The molecule has 3 nitrogen and oxygen atoms in total. The van der Waals surface area contributed by atoms with Crippen molar-refractivity contribution < 1.29 is 8.81 Å². The Morgan fingerprint density at radius 2 is 2.10 bits per heavy atom. The lowest BCUT2D eigenvalue weighted by Gasteiger charge is -2.11. The van der Waals surface area contributed by atoms with Gasteiger partial charge in [-0.25, -0.2) is 9.37 Å². The number of aromatic nitrogens is 1. The summed E-state index contributed by atoms with van der Waals surface area (Å²) in [5.41, 5.74) is 1.20. The number of hydrogen-bond donors (Lipinski definition) is 1. The van der Waals surface area contributed by atoms with E-state index in [-0.39, 0.29) is 5.82 Å². The van der Waals surface area contributed by atoms with Gasteiger partial charge in [0.15, 0.2) is 0 Å². The first-order valence-electron chi connectivity index (χ1n) is 7.63. The minimum absolute atomic E-state index is 0.313. The van der Waals surface area contributed by atoms with Crippen LogP contribution >= 0.6 is 0 Å². The van der Waals surface area contributed by atoms with Crippen LogP contribution in [0, 0.1) is 5.82 Å². The topological polar surface area (TPSA) is 38.1 Å². The molecule has 21 heavy (non-hydrogen) atoms. The van der Waals surface area contributed by atoms with Crippen LogP contribution in [0.25, 0.3) is 11.5 Å². The lowest BCUT2D eigenvalue weighted by atomic mass is 10.1. The summed E-state index contributed by atoms with van der Waals surface area (Å²) in [4.78, 5) is 4.34. The van der Waals surface area contributed by atoms with E-state index in [4.69, 9.17) is 4.42 Å². The van der Waals surface area contributed by atoms with Crippen LogP contribution in [0.1, 0.15) is 45.2 Å². The molecule has 0 radical (unpaired) electrons. The van der Waals surface area contributed by atoms with Crippen LogP contribution in [0.3, 0.4) is 0 Å². The first kappa shape index (κ1) is 15.7. The zero-order chi connectivity index (χ0) is 15.1. The predicted molar refractivity (Wildman–Crippen MR) is 82.3 cm³/mol. The molecule has 0 aliphatic rings. The second-order valence-electron chi connectivity index (χ2n) is 5.40. The zero-order valence-electron chi connectivity index (χ0n) is 12.7. The van der Waals surface area contributed by atoms with E-state index in [1.54, 1.807) is 24.5 Å². The van der Waals surface area contributed by atoms with Crippen LogP contribution in [-0.2, 0) is 6.54 Å². The first-order chi connectivity index (χ1) is 10.2. The molecule has 114 valence electrons. The third-order valence-electron chi connectivity index (χ3n) is 3.53. The molecule has 0 amide bonds. The minimum Gasteiger partial charge on any atom is -0.444 e. The molecule has 0 fully saturated rings. The van der Waals surface area contributed by atoms with Gasteiger partial charge in [-0.3, -0.25) is 0 Å². The lowest BCUT2D eigenvalue weighted by molar-refractivity contribution is 0.483. The first-order valence-corrected chi connectivity index (χ1v) is 7.63. The normalized spacial score (nSPS) is 12.5. The van der Waals surface area contributed by atoms with E-state index >= 15 is 0 Å². The second kappa shape index (κ2) is 7.93. The molecule has 0 aliphatic carbocycles. The summed E-state index contributed by atoms with van der Waals surface area (Å²) in [5.74, 6) is 0.0235. The predicted octanol–water partition coefficient (Wildman–Crippen LogP) is 4.54. The summed E-state index contributed by atoms with van der Waals surface area (Å²) in [6.45, 7) is 5.02. The van der Waals surface area contributed by atoms with Gasteiger partial charge in [0.2, 0.25) is 5.89 Å². The maximum absolute atomic E-state index is 13.7. The molecule has 0 saturated carbocycles. The maximum Gasteiger partial charge on any atom is 0.229 e. The van der Waals surface area contributed by atoms with Crippen molar-refractivity contribution in [3.8, 4) is 11.5 Å². The van der Waals surface area contributed by atoms with E-state index in [0.29, 0.717) is 24.0 Å². The highest BCUT2D eigenvalue weighted by Crippen LogP contribution is 2.21. The quantitative estimate of drug-likeness (QED) is 0.725. The summed E-state index contributed by atoms with van der Waals surface area (Å²) >= 11 is 0. The molecule has 0 bridgehead atoms. The Morgan fingerprint density at radius 3 is 2.86 bits per heavy atom. The summed E-state index contributed by atoms with van der Waals surface area (Å²) in [6, 6.07) is 6.96. The van der Waals surface area contributed by atoms with Crippen molar-refractivity contribution in [1.29, 1.82) is 0 Å². The number of halogens is 1. The standard InChI is InChI=1S/C17H23FN2O/c1-3-4-5-8-13(2)19-11-14-12-21-17(20-14)15-9-6-7-10-16(15)18/h6-7,9-10,12-13,19H,3-5,8,11H2,1-2H3. The van der Waals surface area contributed by atoms with Gasteiger partial charge in [-0.05, 0) is 25.5 Å². The van der Waals surface area contributed by atoms with Crippen LogP contribution in [-0.4, -0.2) is 11.0 Å². The molecule has 2 rings (SSSR count). The average molecular weight is 290 g/mol. The molecule has 0 saturated heterocycles. The Balaban J connectivity index is 1.88. The molecule has 0 spiro atoms. The van der Waals surface area contributed by atoms with Crippen LogP contribution in [0.15, 0.2) is 34.9 Å². The van der Waals surface area contributed by atoms with E-state index in [9.17, 15) is 4.39 Å². The third kappa shape index (κ3) is 4.67. The number of benzene rings is 1. The van der Waals surface area contributed by atoms with Crippen molar-refractivity contribution in [2.75, 3.05) is 0 Å². The van der Waals surface area contributed by atoms with Crippen molar-refractivity contribution in [3.63, 3.8) is 0 Å². The van der Waals surface area contributed by atoms with E-state index in [1.165, 1.54) is 25.3 Å². The number of hydrogen-bond acceptors (Lipinski definition) is 3. The summed E-state index contributed by atoms with van der Waals surface area (Å²) < 4.78 is 19.0. The van der Waals surface area contributed by atoms with Gasteiger partial charge in [0.25, 0.3) is 0 Å². The maximum atomic E-state index is 13.7. The molecule has 0 aliphatic heterocycles. The average Bonchev–Trinajstić information content (AvgIpc) is 2.94. The van der Waals surface area contributed by atoms with Gasteiger partial charge in [-0.2, -0.15) is 0 Å². The van der Waals surface area contributed by atoms with Crippen LogP contribution < -0.4 is 5.32 Å². The van der Waals surface area contributed by atoms with Gasteiger partial charge in [0.1, 0.15) is 12.1 Å². The summed E-state index contributed by atoms with van der Waals surface area (Å²) in [5, 5.41) is 3.42. The third-order valence-corrected chi connectivity index (χ3v) is 3.53. The van der Waals surface area contributed by atoms with Crippen molar-refractivity contribution in [2.45, 2.75) is 52.1 Å². The molecule has 1 atom stereocenters. The Kier molecular flexibility index (Phi) is 5.93. The number of oxazole rings is 1. The molecule has 1 heterocycles. The SMILES string of the molecule is CCCCCC(C)NCc1coc(-c2ccccc2F)n1. The van der Waals surface area contributed by atoms with Gasteiger partial charge in [-0.15, -0.1) is 0 Å². The highest BCUT2D eigenvalue weighted by Gasteiger charge is 2.11. The molecule has 1 aromatic carbocycles. The fourth-order valence-electron chi connectivity index (χ4n) is 2.23. The molecule has 1 aromatic heterocycles. The van der Waals surface area contributed by atoms with Crippen molar-refractivity contribution in [2.24, 2.45) is 0 Å². The van der Waals surface area contributed by atoms with E-state index in [0.717, 1.165) is 12.1 Å². The Labute approximate surface area is 125 Å². The zero-order valence-corrected chi connectivity index (χ0v) is 12.7. The van der Waals surface area contributed by atoms with E-state index < -0.39 is 0 Å². The highest BCUT2D eigenvalue weighted by atomic mass is 19.1. The van der Waals surface area contributed by atoms with Crippen LogP contribution in [0.5, 0.6) is 0 Å². The number of rotatable bonds is 8. The van der Waals surface area contributed by atoms with Crippen LogP contribution in [0.4, 0.5) is 4.39 Å². The fraction of sp³-hybridized carbons (Fsp3) is 0.471. The summed E-state index contributed by atoms with van der Waals surface area (Å²) in [6.07, 6.45) is 6.50. The van der Waals surface area contributed by atoms with Crippen molar-refractivity contribution in [3.05, 3.63) is 42.0 Å². The molecule has 1 unspecified atom stereocenters. The van der Waals surface area contributed by atoms with Gasteiger partial charge in [-0.1, -0.05) is 38.3 Å². The monoisotopic (exact) mass is 290 g/mol. The van der Waals surface area contributed by atoms with Gasteiger partial charge >= 0.3 is 0 Å². The smallest absolute Gasteiger partial charge is 0.229 e. The fourth-order valence-corrected chi connectivity index (χ4v) is 2.23. The Hall–Kier alpha value is -1.68. The molecule has 4 heteroatoms. The number of nitrogens with one attached hydrogen (secondary N) is 1. The van der Waals surface area contributed by atoms with Gasteiger partial charge in [0, 0.05) is 12.6 Å². The molecule has 1 N–H and O–H groups in total. The van der Waals surface area contributed by atoms with Crippen molar-refractivity contribution in [1.82, 2.24) is 10.3 Å². The minimum atomic E-state index is -0.313. The second-order valence-corrected chi connectivity index (χ2v) is 5.40. The number of nitrogens with zero attached hydrogens (tertiary/aromatic N) is 1. The molecule has 2 aromatic rings. The number of unbranched alkanes of at least 4 members (excludes halogenated alkanes) is 2. The van der Waals surface area contributed by atoms with Gasteiger partial charge < -0.3 is 9.73 Å². The van der Waals surface area contributed by atoms with E-state index in [1.807, 2.05) is 0 Å². The van der Waals surface area contributed by atoms with Crippen molar-refractivity contribution >= 4 is 0 Å².